The van der Waals surface area contributed by atoms with Crippen molar-refractivity contribution >= 4 is 23.8 Å². The summed E-state index contributed by atoms with van der Waals surface area (Å²) in [6.07, 6.45) is 2.27. The zero-order valence-electron chi connectivity index (χ0n) is 14.6. The number of H-pyrrole nitrogens is 1. The summed E-state index contributed by atoms with van der Waals surface area (Å²) in [6, 6.07) is 5.27. The van der Waals surface area contributed by atoms with Crippen LogP contribution in [0.3, 0.4) is 0 Å². The van der Waals surface area contributed by atoms with Gasteiger partial charge in [-0.25, -0.2) is 9.78 Å². The minimum Gasteiger partial charge on any atom is -0.493 e. The Morgan fingerprint density at radius 1 is 1.40 bits per heavy atom. The summed E-state index contributed by atoms with van der Waals surface area (Å²) in [4.78, 5) is 15.9. The largest absolute Gasteiger partial charge is 0.493 e. The number of aryl methyl sites for hydroxylation is 1. The van der Waals surface area contributed by atoms with Crippen molar-refractivity contribution in [2.75, 3.05) is 7.11 Å². The Labute approximate surface area is 150 Å². The lowest BCUT2D eigenvalue weighted by atomic mass is 10.2. The Morgan fingerprint density at radius 3 is 2.72 bits per heavy atom. The maximum Gasteiger partial charge on any atom is 0.342 e. The second kappa shape index (κ2) is 8.57. The highest BCUT2D eigenvalue weighted by molar-refractivity contribution is 8.04. The number of aromatic amines is 1. The Morgan fingerprint density at radius 2 is 2.16 bits per heavy atom. The number of nitrogens with zero attached hydrogens (tertiary/aromatic N) is 2. The number of rotatable bonds is 8. The maximum atomic E-state index is 11.5. The normalized spacial score (nSPS) is 11.6. The van der Waals surface area contributed by atoms with Crippen LogP contribution in [0.4, 0.5) is 0 Å². The summed E-state index contributed by atoms with van der Waals surface area (Å²) in [5.41, 5.74) is 0.684. The minimum atomic E-state index is -1.05. The molecule has 0 atom stereocenters. The van der Waals surface area contributed by atoms with Crippen LogP contribution in [-0.2, 0) is 11.2 Å². The van der Waals surface area contributed by atoms with Crippen LogP contribution >= 0.6 is 11.8 Å². The van der Waals surface area contributed by atoms with Crippen molar-refractivity contribution < 1.29 is 19.4 Å². The molecule has 1 heterocycles. The number of aromatic nitrogens is 3. The van der Waals surface area contributed by atoms with E-state index in [4.69, 9.17) is 9.47 Å². The molecule has 25 heavy (non-hydrogen) atoms. The number of thioether (sulfide) groups is 1. The number of ether oxygens (including phenoxy) is 2. The molecule has 8 heteroatoms. The molecule has 134 valence electrons. The van der Waals surface area contributed by atoms with E-state index in [0.29, 0.717) is 34.5 Å². The van der Waals surface area contributed by atoms with E-state index in [0.717, 1.165) is 11.8 Å². The predicted octanol–water partition coefficient (Wildman–Crippen LogP) is 3.38. The molecule has 0 radical (unpaired) electrons. The molecule has 0 unspecified atom stereocenters. The highest BCUT2D eigenvalue weighted by Crippen LogP contribution is 2.32. The van der Waals surface area contributed by atoms with E-state index in [1.807, 2.05) is 20.8 Å². The summed E-state index contributed by atoms with van der Waals surface area (Å²) in [5.74, 6) is 0.822. The van der Waals surface area contributed by atoms with Crippen LogP contribution < -0.4 is 9.47 Å². The van der Waals surface area contributed by atoms with Gasteiger partial charge in [-0.15, -0.1) is 5.10 Å². The second-order valence-corrected chi connectivity index (χ2v) is 6.42. The fourth-order valence-electron chi connectivity index (χ4n) is 1.99. The minimum absolute atomic E-state index is 0.0129. The van der Waals surface area contributed by atoms with Crippen molar-refractivity contribution in [3.05, 3.63) is 34.5 Å². The SMILES string of the molecule is CCc1nc(S/C(=C\c2ccc(OC(C)C)c(OC)c2)C(=O)O)n[nH]1. The topological polar surface area (TPSA) is 97.3 Å². The lowest BCUT2D eigenvalue weighted by Crippen LogP contribution is -2.06. The smallest absolute Gasteiger partial charge is 0.342 e. The van der Waals surface area contributed by atoms with Crippen LogP contribution in [0.15, 0.2) is 28.3 Å². The first-order valence-electron chi connectivity index (χ1n) is 7.81. The van der Waals surface area contributed by atoms with Gasteiger partial charge < -0.3 is 14.6 Å². The first-order valence-corrected chi connectivity index (χ1v) is 8.63. The number of hydrogen-bond acceptors (Lipinski definition) is 6. The summed E-state index contributed by atoms with van der Waals surface area (Å²) in [6.45, 7) is 5.79. The summed E-state index contributed by atoms with van der Waals surface area (Å²) >= 11 is 0.992. The molecule has 0 fully saturated rings. The fourth-order valence-corrected chi connectivity index (χ4v) is 2.72. The van der Waals surface area contributed by atoms with E-state index >= 15 is 0 Å². The van der Waals surface area contributed by atoms with Gasteiger partial charge >= 0.3 is 5.97 Å². The van der Waals surface area contributed by atoms with E-state index in [1.54, 1.807) is 31.4 Å². The van der Waals surface area contributed by atoms with E-state index in [9.17, 15) is 9.90 Å². The van der Waals surface area contributed by atoms with Crippen molar-refractivity contribution in [1.29, 1.82) is 0 Å². The molecule has 0 saturated carbocycles. The molecule has 0 saturated heterocycles. The summed E-state index contributed by atoms with van der Waals surface area (Å²) < 4.78 is 11.0. The number of aliphatic carboxylic acids is 1. The predicted molar refractivity (Wildman–Crippen MR) is 96.0 cm³/mol. The van der Waals surface area contributed by atoms with Gasteiger partial charge in [0.05, 0.1) is 13.2 Å². The second-order valence-electron chi connectivity index (χ2n) is 5.41. The van der Waals surface area contributed by atoms with E-state index < -0.39 is 5.97 Å². The number of nitrogens with one attached hydrogen (secondary N) is 1. The number of benzene rings is 1. The molecule has 2 N–H and O–H groups in total. The van der Waals surface area contributed by atoms with Crippen molar-refractivity contribution in [2.24, 2.45) is 0 Å². The first kappa shape index (κ1) is 18.9. The van der Waals surface area contributed by atoms with Crippen LogP contribution in [0.25, 0.3) is 6.08 Å². The Bertz CT molecular complexity index is 771. The quantitative estimate of drug-likeness (QED) is 0.548. The molecule has 0 spiro atoms. The van der Waals surface area contributed by atoms with Crippen molar-refractivity contribution in [3.8, 4) is 11.5 Å². The summed E-state index contributed by atoms with van der Waals surface area (Å²) in [5, 5.41) is 16.6. The van der Waals surface area contributed by atoms with Crippen LogP contribution in [0.1, 0.15) is 32.2 Å². The number of carboxylic acid groups (broad SMARTS) is 1. The van der Waals surface area contributed by atoms with Gasteiger partial charge in [0.25, 0.3) is 0 Å². The Hall–Kier alpha value is -2.48. The number of carboxylic acids is 1. The van der Waals surface area contributed by atoms with E-state index in [1.165, 1.54) is 0 Å². The van der Waals surface area contributed by atoms with E-state index in [2.05, 4.69) is 15.2 Å². The van der Waals surface area contributed by atoms with Gasteiger partial charge in [0, 0.05) is 6.42 Å². The Balaban J connectivity index is 2.28. The molecule has 0 aliphatic rings. The average molecular weight is 363 g/mol. The number of carbonyl (C=O) groups is 1. The third-order valence-corrected chi connectivity index (χ3v) is 3.98. The summed E-state index contributed by atoms with van der Waals surface area (Å²) in [7, 11) is 1.54. The van der Waals surface area contributed by atoms with Gasteiger partial charge in [0.1, 0.15) is 10.7 Å². The average Bonchev–Trinajstić information content (AvgIpc) is 3.02. The van der Waals surface area contributed by atoms with Gasteiger partial charge in [-0.05, 0) is 49.4 Å². The highest BCUT2D eigenvalue weighted by Gasteiger charge is 2.14. The lowest BCUT2D eigenvalue weighted by Gasteiger charge is -2.14. The third kappa shape index (κ3) is 5.25. The molecule has 1 aromatic heterocycles. The third-order valence-electron chi connectivity index (χ3n) is 3.11. The van der Waals surface area contributed by atoms with Crippen molar-refractivity contribution in [1.82, 2.24) is 15.2 Å². The zero-order chi connectivity index (χ0) is 18.4. The highest BCUT2D eigenvalue weighted by atomic mass is 32.2. The van der Waals surface area contributed by atoms with Gasteiger partial charge in [-0.3, -0.25) is 5.10 Å². The van der Waals surface area contributed by atoms with Crippen LogP contribution in [0, 0.1) is 0 Å². The zero-order valence-corrected chi connectivity index (χ0v) is 15.4. The molecule has 0 aliphatic heterocycles. The molecular formula is C17H21N3O4S. The van der Waals surface area contributed by atoms with Crippen LogP contribution in [0.2, 0.25) is 0 Å². The van der Waals surface area contributed by atoms with Crippen molar-refractivity contribution in [2.45, 2.75) is 38.5 Å². The molecule has 0 amide bonds. The molecule has 7 nitrogen and oxygen atoms in total. The van der Waals surface area contributed by atoms with Gasteiger partial charge in [-0.1, -0.05) is 13.0 Å². The molecule has 2 rings (SSSR count). The van der Waals surface area contributed by atoms with Gasteiger partial charge in [0.15, 0.2) is 11.5 Å². The van der Waals surface area contributed by atoms with Gasteiger partial charge in [-0.2, -0.15) is 0 Å². The fraction of sp³-hybridized carbons (Fsp3) is 0.353. The molecule has 2 aromatic rings. The number of methoxy groups -OCH3 is 1. The standard InChI is InChI=1S/C17H21N3O4S/c1-5-15-18-17(20-19-15)25-14(16(21)22)9-11-6-7-12(24-10(2)3)13(8-11)23-4/h6-10H,5H2,1-4H3,(H,21,22)(H,18,19,20)/b14-9-. The Kier molecular flexibility index (Phi) is 6.46. The molecule has 0 bridgehead atoms. The van der Waals surface area contributed by atoms with Crippen LogP contribution in [0.5, 0.6) is 11.5 Å². The lowest BCUT2D eigenvalue weighted by molar-refractivity contribution is -0.131. The monoisotopic (exact) mass is 363 g/mol. The maximum absolute atomic E-state index is 11.5. The van der Waals surface area contributed by atoms with E-state index in [-0.39, 0.29) is 11.0 Å². The molecule has 1 aromatic carbocycles. The first-order chi connectivity index (χ1) is 11.9. The molecular weight excluding hydrogens is 342 g/mol. The van der Waals surface area contributed by atoms with Crippen molar-refractivity contribution in [3.63, 3.8) is 0 Å². The molecule has 0 aliphatic carbocycles. The van der Waals surface area contributed by atoms with Gasteiger partial charge in [0.2, 0.25) is 5.16 Å². The van der Waals surface area contributed by atoms with Crippen LogP contribution in [-0.4, -0.2) is 39.5 Å². The number of hydrogen-bond donors (Lipinski definition) is 2.